The zero-order chi connectivity index (χ0) is 12.9. The molecule has 0 saturated carbocycles. The monoisotopic (exact) mass is 239 g/mol. The number of benzene rings is 1. The summed E-state index contributed by atoms with van der Waals surface area (Å²) in [6.45, 7) is 4.30. The fraction of sp³-hybridized carbons (Fsp3) is 0.538. The molecule has 0 aliphatic rings. The van der Waals surface area contributed by atoms with Crippen molar-refractivity contribution in [2.24, 2.45) is 0 Å². The van der Waals surface area contributed by atoms with Crippen molar-refractivity contribution in [3.8, 4) is 5.75 Å². The van der Waals surface area contributed by atoms with E-state index in [1.807, 2.05) is 24.3 Å². The molecule has 1 aromatic carbocycles. The molecule has 0 fully saturated rings. The molecule has 1 aromatic rings. The lowest BCUT2D eigenvalue weighted by atomic mass is 10.1. The van der Waals surface area contributed by atoms with Gasteiger partial charge in [-0.05, 0) is 31.5 Å². The third-order valence-electron chi connectivity index (χ3n) is 2.40. The van der Waals surface area contributed by atoms with Crippen LogP contribution in [0.15, 0.2) is 24.3 Å². The molecule has 0 aromatic heterocycles. The molecule has 0 bridgehead atoms. The molecule has 0 amide bonds. The standard InChI is InChI=1S/C13H21NO3/c1-13(2,16)9-14-8-12(15)10-4-6-11(17-3)7-5-10/h4-7,12,14-16H,8-9H2,1-3H3. The maximum Gasteiger partial charge on any atom is 0.118 e. The summed E-state index contributed by atoms with van der Waals surface area (Å²) in [6.07, 6.45) is -0.580. The Balaban J connectivity index is 2.43. The molecule has 0 aliphatic carbocycles. The number of hydrogen-bond donors (Lipinski definition) is 3. The molecule has 17 heavy (non-hydrogen) atoms. The van der Waals surface area contributed by atoms with Crippen molar-refractivity contribution in [1.82, 2.24) is 5.32 Å². The van der Waals surface area contributed by atoms with Crippen molar-refractivity contribution >= 4 is 0 Å². The van der Waals surface area contributed by atoms with E-state index >= 15 is 0 Å². The van der Waals surface area contributed by atoms with E-state index in [0.29, 0.717) is 13.1 Å². The second-order valence-electron chi connectivity index (χ2n) is 4.73. The van der Waals surface area contributed by atoms with Gasteiger partial charge in [-0.25, -0.2) is 0 Å². The normalized spacial score (nSPS) is 13.5. The summed E-state index contributed by atoms with van der Waals surface area (Å²) < 4.78 is 5.04. The zero-order valence-electron chi connectivity index (χ0n) is 10.6. The number of nitrogens with one attached hydrogen (secondary N) is 1. The van der Waals surface area contributed by atoms with Gasteiger partial charge in [0.05, 0.1) is 18.8 Å². The Morgan fingerprint density at radius 1 is 1.29 bits per heavy atom. The van der Waals surface area contributed by atoms with Crippen LogP contribution in [0.5, 0.6) is 5.75 Å². The lowest BCUT2D eigenvalue weighted by Crippen LogP contribution is -2.36. The van der Waals surface area contributed by atoms with Gasteiger partial charge >= 0.3 is 0 Å². The van der Waals surface area contributed by atoms with Gasteiger partial charge in [0.15, 0.2) is 0 Å². The molecule has 0 radical (unpaired) electrons. The first-order chi connectivity index (χ1) is 7.92. The van der Waals surface area contributed by atoms with Crippen LogP contribution in [-0.2, 0) is 0 Å². The van der Waals surface area contributed by atoms with E-state index in [4.69, 9.17) is 4.74 Å². The first kappa shape index (κ1) is 14.0. The minimum atomic E-state index is -0.764. The summed E-state index contributed by atoms with van der Waals surface area (Å²) in [6, 6.07) is 7.29. The molecule has 0 heterocycles. The first-order valence-electron chi connectivity index (χ1n) is 5.67. The Hall–Kier alpha value is -1.10. The molecule has 1 unspecified atom stereocenters. The van der Waals surface area contributed by atoms with Crippen LogP contribution in [-0.4, -0.2) is 36.0 Å². The molecule has 0 saturated heterocycles. The maximum absolute atomic E-state index is 9.90. The smallest absolute Gasteiger partial charge is 0.118 e. The van der Waals surface area contributed by atoms with Crippen LogP contribution in [0.3, 0.4) is 0 Å². The second-order valence-corrected chi connectivity index (χ2v) is 4.73. The lowest BCUT2D eigenvalue weighted by Gasteiger charge is -2.19. The third-order valence-corrected chi connectivity index (χ3v) is 2.40. The fourth-order valence-electron chi connectivity index (χ4n) is 1.46. The van der Waals surface area contributed by atoms with E-state index in [1.165, 1.54) is 0 Å². The highest BCUT2D eigenvalue weighted by molar-refractivity contribution is 5.28. The maximum atomic E-state index is 9.90. The van der Waals surface area contributed by atoms with E-state index in [9.17, 15) is 10.2 Å². The summed E-state index contributed by atoms with van der Waals surface area (Å²) in [4.78, 5) is 0. The van der Waals surface area contributed by atoms with Crippen LogP contribution in [0.4, 0.5) is 0 Å². The number of rotatable bonds is 6. The van der Waals surface area contributed by atoms with Crippen LogP contribution in [0.1, 0.15) is 25.5 Å². The Kier molecular flexibility index (Phi) is 4.93. The number of ether oxygens (including phenoxy) is 1. The van der Waals surface area contributed by atoms with Crippen LogP contribution < -0.4 is 10.1 Å². The van der Waals surface area contributed by atoms with Gasteiger partial charge in [-0.2, -0.15) is 0 Å². The molecular weight excluding hydrogens is 218 g/mol. The molecule has 1 rings (SSSR count). The summed E-state index contributed by atoms with van der Waals surface area (Å²) in [5.74, 6) is 0.769. The predicted molar refractivity (Wildman–Crippen MR) is 67.1 cm³/mol. The van der Waals surface area contributed by atoms with Crippen molar-refractivity contribution in [1.29, 1.82) is 0 Å². The summed E-state index contributed by atoms with van der Waals surface area (Å²) in [7, 11) is 1.61. The summed E-state index contributed by atoms with van der Waals surface area (Å²) in [5, 5.41) is 22.4. The molecule has 0 spiro atoms. The molecule has 3 N–H and O–H groups in total. The van der Waals surface area contributed by atoms with Gasteiger partial charge in [0, 0.05) is 13.1 Å². The summed E-state index contributed by atoms with van der Waals surface area (Å²) in [5.41, 5.74) is 0.0636. The van der Waals surface area contributed by atoms with Crippen LogP contribution in [0, 0.1) is 0 Å². The van der Waals surface area contributed by atoms with Crippen molar-refractivity contribution in [3.05, 3.63) is 29.8 Å². The van der Waals surface area contributed by atoms with E-state index in [-0.39, 0.29) is 0 Å². The van der Waals surface area contributed by atoms with Gasteiger partial charge in [0.1, 0.15) is 5.75 Å². The number of methoxy groups -OCH3 is 1. The molecule has 1 atom stereocenters. The number of aliphatic hydroxyl groups excluding tert-OH is 1. The van der Waals surface area contributed by atoms with Gasteiger partial charge in [-0.3, -0.25) is 0 Å². The Labute approximate surface area is 102 Å². The molecule has 0 aliphatic heterocycles. The number of hydrogen-bond acceptors (Lipinski definition) is 4. The van der Waals surface area contributed by atoms with Gasteiger partial charge in [-0.15, -0.1) is 0 Å². The van der Waals surface area contributed by atoms with Crippen LogP contribution in [0.25, 0.3) is 0 Å². The van der Waals surface area contributed by atoms with Crippen molar-refractivity contribution in [2.45, 2.75) is 25.6 Å². The second kappa shape index (κ2) is 6.00. The van der Waals surface area contributed by atoms with Crippen LogP contribution in [0.2, 0.25) is 0 Å². The van der Waals surface area contributed by atoms with Crippen molar-refractivity contribution in [2.75, 3.05) is 20.2 Å². The van der Waals surface area contributed by atoms with Gasteiger partial charge in [-0.1, -0.05) is 12.1 Å². The van der Waals surface area contributed by atoms with E-state index < -0.39 is 11.7 Å². The Morgan fingerprint density at radius 3 is 2.35 bits per heavy atom. The molecule has 4 nitrogen and oxygen atoms in total. The quantitative estimate of drug-likeness (QED) is 0.695. The highest BCUT2D eigenvalue weighted by Gasteiger charge is 2.13. The van der Waals surface area contributed by atoms with Crippen molar-refractivity contribution < 1.29 is 14.9 Å². The molecule has 4 heteroatoms. The van der Waals surface area contributed by atoms with Gasteiger partial charge in [0.2, 0.25) is 0 Å². The third kappa shape index (κ3) is 5.17. The molecular formula is C13H21NO3. The minimum Gasteiger partial charge on any atom is -0.497 e. The average Bonchev–Trinajstić information content (AvgIpc) is 2.27. The fourth-order valence-corrected chi connectivity index (χ4v) is 1.46. The van der Waals surface area contributed by atoms with E-state index in [2.05, 4.69) is 5.32 Å². The van der Waals surface area contributed by atoms with E-state index in [0.717, 1.165) is 11.3 Å². The van der Waals surface area contributed by atoms with Crippen molar-refractivity contribution in [3.63, 3.8) is 0 Å². The Bertz CT molecular complexity index is 330. The average molecular weight is 239 g/mol. The minimum absolute atomic E-state index is 0.413. The largest absolute Gasteiger partial charge is 0.497 e. The summed E-state index contributed by atoms with van der Waals surface area (Å²) >= 11 is 0. The van der Waals surface area contributed by atoms with E-state index in [1.54, 1.807) is 21.0 Å². The highest BCUT2D eigenvalue weighted by atomic mass is 16.5. The topological polar surface area (TPSA) is 61.7 Å². The Morgan fingerprint density at radius 2 is 1.88 bits per heavy atom. The SMILES string of the molecule is COc1ccc(C(O)CNCC(C)(C)O)cc1. The van der Waals surface area contributed by atoms with Gasteiger partial charge < -0.3 is 20.3 Å². The highest BCUT2D eigenvalue weighted by Crippen LogP contribution is 2.17. The number of aliphatic hydroxyl groups is 2. The zero-order valence-corrected chi connectivity index (χ0v) is 10.6. The predicted octanol–water partition coefficient (Wildman–Crippen LogP) is 1.09. The van der Waals surface area contributed by atoms with Gasteiger partial charge in [0.25, 0.3) is 0 Å². The lowest BCUT2D eigenvalue weighted by molar-refractivity contribution is 0.0739. The van der Waals surface area contributed by atoms with Crippen LogP contribution >= 0.6 is 0 Å². The molecule has 96 valence electrons. The first-order valence-corrected chi connectivity index (χ1v) is 5.67.